The Morgan fingerprint density at radius 3 is 1.67 bits per heavy atom. The summed E-state index contributed by atoms with van der Waals surface area (Å²) in [6.45, 7) is 10.4. The van der Waals surface area contributed by atoms with Crippen LogP contribution in [-0.4, -0.2) is 29.7 Å². The molecule has 0 aromatic rings. The zero-order valence-corrected chi connectivity index (χ0v) is 21.5. The Hall–Kier alpha value is 0.0700. The lowest BCUT2D eigenvalue weighted by atomic mass is 10.0. The lowest BCUT2D eigenvalue weighted by Gasteiger charge is -2.25. The van der Waals surface area contributed by atoms with Gasteiger partial charge in [0.05, 0.1) is 6.61 Å². The molecule has 0 fully saturated rings. The number of rotatable bonds is 23. The van der Waals surface area contributed by atoms with Gasteiger partial charge in [0.1, 0.15) is 0 Å². The van der Waals surface area contributed by atoms with Crippen LogP contribution in [0, 0.1) is 5.92 Å². The summed E-state index contributed by atoms with van der Waals surface area (Å²) in [5.74, 6) is 0.319. The van der Waals surface area contributed by atoms with Gasteiger partial charge < -0.3 is 4.89 Å². The smallest absolute Gasteiger partial charge is 0.301 e. The summed E-state index contributed by atoms with van der Waals surface area (Å²) in [4.78, 5) is 10.3. The average Bonchev–Trinajstić information content (AvgIpc) is 2.72. The first kappa shape index (κ1) is 30.1. The van der Waals surface area contributed by atoms with Gasteiger partial charge in [-0.3, -0.25) is 4.52 Å². The first-order valence-corrected chi connectivity index (χ1v) is 14.4. The summed E-state index contributed by atoms with van der Waals surface area (Å²) >= 11 is 0. The highest BCUT2D eigenvalue weighted by molar-refractivity contribution is 7.47. The Morgan fingerprint density at radius 1 is 0.733 bits per heavy atom. The number of nitrogens with zero attached hydrogens (tertiary/aromatic N) is 1. The first-order chi connectivity index (χ1) is 14.5. The Bertz CT molecular complexity index is 393. The van der Waals surface area contributed by atoms with Gasteiger partial charge in [0.15, 0.2) is 0 Å². The van der Waals surface area contributed by atoms with Crippen LogP contribution in [0.4, 0.5) is 0 Å². The molecule has 0 bridgehead atoms. The van der Waals surface area contributed by atoms with Gasteiger partial charge in [-0.25, -0.2) is 4.57 Å². The molecule has 2 atom stereocenters. The number of phosphoric ester groups is 1. The van der Waals surface area contributed by atoms with Crippen molar-refractivity contribution in [3.05, 3.63) is 0 Å². The third kappa shape index (κ3) is 18.8. The van der Waals surface area contributed by atoms with E-state index in [1.54, 1.807) is 5.06 Å². The molecule has 0 amide bonds. The van der Waals surface area contributed by atoms with Crippen molar-refractivity contribution < 1.29 is 18.6 Å². The Labute approximate surface area is 187 Å². The molecule has 0 saturated heterocycles. The molecule has 0 aliphatic carbocycles. The van der Waals surface area contributed by atoms with E-state index in [1.165, 1.54) is 51.4 Å². The zero-order chi connectivity index (χ0) is 22.5. The zero-order valence-electron chi connectivity index (χ0n) is 20.6. The Balaban J connectivity index is 4.44. The SMILES string of the molecule is CCCCCCCCN(CCCCCCCC)OP(=O)(O)OCC(CC)CCCC. The summed E-state index contributed by atoms with van der Waals surface area (Å²) in [5, 5.41) is 1.70. The van der Waals surface area contributed by atoms with Crippen molar-refractivity contribution >= 4 is 7.82 Å². The summed E-state index contributed by atoms with van der Waals surface area (Å²) in [6.07, 6.45) is 18.6. The van der Waals surface area contributed by atoms with E-state index in [-0.39, 0.29) is 0 Å². The summed E-state index contributed by atoms with van der Waals surface area (Å²) < 4.78 is 23.4. The number of hydroxylamine groups is 2. The number of phosphoric acid groups is 1. The molecule has 0 saturated carbocycles. The third-order valence-electron chi connectivity index (χ3n) is 5.76. The molecule has 182 valence electrons. The molecule has 5 nitrogen and oxygen atoms in total. The molecule has 6 heteroatoms. The van der Waals surface area contributed by atoms with E-state index < -0.39 is 7.82 Å². The van der Waals surface area contributed by atoms with E-state index >= 15 is 0 Å². The molecule has 1 N–H and O–H groups in total. The maximum Gasteiger partial charge on any atom is 0.489 e. The summed E-state index contributed by atoms with van der Waals surface area (Å²) in [5.41, 5.74) is 0. The Kier molecular flexibility index (Phi) is 21.0. The van der Waals surface area contributed by atoms with E-state index in [9.17, 15) is 9.46 Å². The second-order valence-electron chi connectivity index (χ2n) is 8.73. The average molecular weight is 450 g/mol. The van der Waals surface area contributed by atoms with Crippen molar-refractivity contribution in [2.75, 3.05) is 19.7 Å². The molecular weight excluding hydrogens is 397 g/mol. The fourth-order valence-corrected chi connectivity index (χ4v) is 4.50. The standard InChI is InChI=1S/C24H52NO4P/c1-5-9-12-14-16-18-21-25(22-19-17-15-13-10-6-2)29-30(26,27)28-23-24(8-4)20-11-7-3/h24H,5-23H2,1-4H3,(H,26,27). The summed E-state index contributed by atoms with van der Waals surface area (Å²) in [7, 11) is -4.05. The topological polar surface area (TPSA) is 59.0 Å². The van der Waals surface area contributed by atoms with Gasteiger partial charge in [0.25, 0.3) is 0 Å². The van der Waals surface area contributed by atoms with Crippen molar-refractivity contribution in [1.29, 1.82) is 0 Å². The van der Waals surface area contributed by atoms with Gasteiger partial charge in [-0.1, -0.05) is 111 Å². The lowest BCUT2D eigenvalue weighted by Crippen LogP contribution is -2.26. The van der Waals surface area contributed by atoms with Crippen LogP contribution in [0.5, 0.6) is 0 Å². The van der Waals surface area contributed by atoms with Gasteiger partial charge in [-0.2, -0.15) is 9.69 Å². The molecular formula is C24H52NO4P. The minimum Gasteiger partial charge on any atom is -0.301 e. The monoisotopic (exact) mass is 449 g/mol. The second-order valence-corrected chi connectivity index (χ2v) is 10.1. The number of hydrogen-bond donors (Lipinski definition) is 1. The molecule has 0 aliphatic heterocycles. The fraction of sp³-hybridized carbons (Fsp3) is 1.00. The van der Waals surface area contributed by atoms with Crippen LogP contribution in [0.1, 0.15) is 130 Å². The minimum atomic E-state index is -4.05. The molecule has 0 radical (unpaired) electrons. The maximum absolute atomic E-state index is 12.5. The lowest BCUT2D eigenvalue weighted by molar-refractivity contribution is -0.0899. The predicted octanol–water partition coefficient (Wildman–Crippen LogP) is 8.27. The van der Waals surface area contributed by atoms with Crippen LogP contribution in [-0.2, 0) is 13.7 Å². The minimum absolute atomic E-state index is 0.298. The molecule has 0 aromatic heterocycles. The van der Waals surface area contributed by atoms with E-state index in [0.29, 0.717) is 25.6 Å². The molecule has 0 aromatic carbocycles. The molecule has 0 spiro atoms. The number of unbranched alkanes of at least 4 members (excludes halogenated alkanes) is 11. The van der Waals surface area contributed by atoms with Crippen LogP contribution in [0.25, 0.3) is 0 Å². The van der Waals surface area contributed by atoms with Crippen molar-refractivity contribution in [2.45, 2.75) is 130 Å². The van der Waals surface area contributed by atoms with E-state index in [2.05, 4.69) is 27.7 Å². The van der Waals surface area contributed by atoms with E-state index in [4.69, 9.17) is 9.15 Å². The van der Waals surface area contributed by atoms with Crippen LogP contribution in [0.15, 0.2) is 0 Å². The summed E-state index contributed by atoms with van der Waals surface area (Å²) in [6, 6.07) is 0. The maximum atomic E-state index is 12.5. The highest BCUT2D eigenvalue weighted by Crippen LogP contribution is 2.45. The normalized spacial score (nSPS) is 14.9. The van der Waals surface area contributed by atoms with Crippen molar-refractivity contribution in [1.82, 2.24) is 5.06 Å². The van der Waals surface area contributed by atoms with Gasteiger partial charge in [0.2, 0.25) is 0 Å². The van der Waals surface area contributed by atoms with E-state index in [1.807, 2.05) is 0 Å². The number of hydrogen-bond acceptors (Lipinski definition) is 4. The second kappa shape index (κ2) is 20.9. The fourth-order valence-electron chi connectivity index (χ4n) is 3.60. The van der Waals surface area contributed by atoms with Gasteiger partial charge in [-0.15, -0.1) is 0 Å². The van der Waals surface area contributed by atoms with Crippen LogP contribution in [0.3, 0.4) is 0 Å². The van der Waals surface area contributed by atoms with Crippen molar-refractivity contribution in [3.8, 4) is 0 Å². The highest BCUT2D eigenvalue weighted by Gasteiger charge is 2.27. The van der Waals surface area contributed by atoms with Crippen molar-refractivity contribution in [3.63, 3.8) is 0 Å². The molecule has 30 heavy (non-hydrogen) atoms. The molecule has 0 aliphatic rings. The largest absolute Gasteiger partial charge is 0.489 e. The third-order valence-corrected chi connectivity index (χ3v) is 6.67. The predicted molar refractivity (Wildman–Crippen MR) is 128 cm³/mol. The van der Waals surface area contributed by atoms with Crippen molar-refractivity contribution in [2.24, 2.45) is 5.92 Å². The molecule has 0 heterocycles. The Morgan fingerprint density at radius 2 is 1.20 bits per heavy atom. The van der Waals surface area contributed by atoms with E-state index in [0.717, 1.165) is 51.4 Å². The first-order valence-electron chi connectivity index (χ1n) is 12.9. The van der Waals surface area contributed by atoms with Crippen LogP contribution in [0.2, 0.25) is 0 Å². The van der Waals surface area contributed by atoms with Gasteiger partial charge in [-0.05, 0) is 25.2 Å². The van der Waals surface area contributed by atoms with Crippen LogP contribution >= 0.6 is 7.82 Å². The van der Waals surface area contributed by atoms with Crippen LogP contribution < -0.4 is 0 Å². The highest BCUT2D eigenvalue weighted by atomic mass is 31.2. The van der Waals surface area contributed by atoms with Gasteiger partial charge in [0, 0.05) is 13.1 Å². The van der Waals surface area contributed by atoms with Gasteiger partial charge >= 0.3 is 7.82 Å². The molecule has 2 unspecified atom stereocenters. The molecule has 0 rings (SSSR count). The quantitative estimate of drug-likeness (QED) is 0.0966.